The fraction of sp³-hybridized carbons (Fsp3) is 0.520. The van der Waals surface area contributed by atoms with Gasteiger partial charge in [-0.3, -0.25) is 0 Å². The van der Waals surface area contributed by atoms with Gasteiger partial charge in [0.2, 0.25) is 0 Å². The molecule has 0 heterocycles. The lowest BCUT2D eigenvalue weighted by Gasteiger charge is -2.18. The highest BCUT2D eigenvalue weighted by Gasteiger charge is 2.20. The molecule has 0 saturated carbocycles. The van der Waals surface area contributed by atoms with Crippen LogP contribution in [0.25, 0.3) is 0 Å². The van der Waals surface area contributed by atoms with E-state index in [1.165, 1.54) is 18.3 Å². The zero-order valence-corrected chi connectivity index (χ0v) is 23.4. The number of hydrogen-bond donors (Lipinski definition) is 0. The first-order chi connectivity index (χ1) is 15.0. The molecule has 0 saturated heterocycles. The van der Waals surface area contributed by atoms with Gasteiger partial charge < -0.3 is 4.55 Å². The summed E-state index contributed by atoms with van der Waals surface area (Å²) in [5.41, 5.74) is 3.31. The highest BCUT2D eigenvalue weighted by atomic mass is 127. The van der Waals surface area contributed by atoms with Crippen LogP contribution in [-0.4, -0.2) is 25.4 Å². The van der Waals surface area contributed by atoms with Crippen molar-refractivity contribution in [3.05, 3.63) is 66.8 Å². The predicted octanol–water partition coefficient (Wildman–Crippen LogP) is 3.92. The van der Waals surface area contributed by atoms with Crippen LogP contribution in [0.5, 0.6) is 0 Å². The molecule has 0 N–H and O–H groups in total. The van der Waals surface area contributed by atoms with Gasteiger partial charge in [0.15, 0.2) is 7.14 Å². The van der Waals surface area contributed by atoms with Crippen LogP contribution in [0.3, 0.4) is 0 Å². The smallest absolute Gasteiger partial charge is 0.379 e. The predicted molar refractivity (Wildman–Crippen MR) is 124 cm³/mol. The maximum absolute atomic E-state index is 9.83. The fourth-order valence-electron chi connectivity index (χ4n) is 2.47. The summed E-state index contributed by atoms with van der Waals surface area (Å²) in [5.74, 6) is -0.219. The molecule has 0 aliphatic heterocycles. The van der Waals surface area contributed by atoms with Crippen molar-refractivity contribution in [2.75, 3.05) is 5.75 Å². The second kappa shape index (κ2) is 14.3. The molecule has 0 aliphatic rings. The van der Waals surface area contributed by atoms with Gasteiger partial charge in [0.05, 0.1) is 10.1 Å². The molecule has 0 radical (unpaired) electrons. The minimum absolute atomic E-state index is 0.0703. The summed E-state index contributed by atoms with van der Waals surface area (Å²) in [5, 5.41) is 0. The second-order valence-corrected chi connectivity index (χ2v) is 14.0. The zero-order chi connectivity index (χ0) is 25.9. The Balaban J connectivity index is 0.000000709. The second-order valence-electron chi connectivity index (χ2n) is 9.47. The Morgan fingerprint density at radius 3 is 1.27 bits per heavy atom. The molecule has 188 valence electrons. The number of alkyl halides is 3. The van der Waals surface area contributed by atoms with Crippen LogP contribution < -0.4 is 21.2 Å². The quantitative estimate of drug-likeness (QED) is 0.387. The number of halogens is 4. The highest BCUT2D eigenvalue weighted by Crippen LogP contribution is 2.21. The maximum atomic E-state index is 9.83. The Kier molecular flexibility index (Phi) is 13.8. The number of benzene rings is 2. The summed E-state index contributed by atoms with van der Waals surface area (Å²) < 4.78 is 61.5. The lowest BCUT2D eigenvalue weighted by Crippen LogP contribution is -3.61. The average molecular weight is 601 g/mol. The van der Waals surface area contributed by atoms with E-state index in [4.69, 9.17) is 0 Å². The van der Waals surface area contributed by atoms with Gasteiger partial charge in [-0.15, -0.1) is 0 Å². The summed E-state index contributed by atoms with van der Waals surface area (Å²) >= 11 is -0.0703. The number of unbranched alkanes of at least 4 members (excludes halogenated alkanes) is 1. The van der Waals surface area contributed by atoms with E-state index in [0.29, 0.717) is 6.42 Å². The van der Waals surface area contributed by atoms with Gasteiger partial charge in [-0.1, -0.05) is 79.2 Å². The maximum Gasteiger partial charge on any atom is 0.379 e. The first-order valence-electron chi connectivity index (χ1n) is 10.7. The Bertz CT molecular complexity index is 842. The standard InChI is InChI=1S/C20H26I.C4H10O3S.CHF3/c1-19(2,3)15-7-11-17(12-8-15)21-18-13-9-16(10-14-18)20(4,5)6;1-2-3-4-8(5,6)7;2-1(3)4/h7-14H,1-6H3;2-4H2,1H3,(H,5,6,7);1H/q+1;;/p-1. The van der Waals surface area contributed by atoms with Crippen molar-refractivity contribution >= 4 is 10.1 Å². The van der Waals surface area contributed by atoms with E-state index in [1.807, 2.05) is 6.92 Å². The van der Waals surface area contributed by atoms with Crippen molar-refractivity contribution in [1.82, 2.24) is 0 Å². The van der Waals surface area contributed by atoms with Crippen LogP contribution in [-0.2, 0) is 20.9 Å². The molecule has 2 aromatic rings. The molecule has 2 rings (SSSR count). The zero-order valence-electron chi connectivity index (χ0n) is 20.5. The topological polar surface area (TPSA) is 57.2 Å². The summed E-state index contributed by atoms with van der Waals surface area (Å²) in [7, 11) is -3.94. The molecule has 0 fully saturated rings. The van der Waals surface area contributed by atoms with Crippen molar-refractivity contribution < 1.29 is 47.3 Å². The molecule has 0 spiro atoms. The summed E-state index contributed by atoms with van der Waals surface area (Å²) in [6.07, 6.45) is 1.23. The van der Waals surface area contributed by atoms with Crippen LogP contribution in [0.2, 0.25) is 0 Å². The third-order valence-electron chi connectivity index (χ3n) is 4.39. The average Bonchev–Trinajstić information content (AvgIpc) is 2.65. The van der Waals surface area contributed by atoms with Crippen LogP contribution in [0, 0.1) is 7.14 Å². The minimum atomic E-state index is -3.94. The fourth-order valence-corrected chi connectivity index (χ4v) is 5.27. The third kappa shape index (κ3) is 16.2. The molecule has 33 heavy (non-hydrogen) atoms. The largest absolute Gasteiger partial charge is 0.748 e. The van der Waals surface area contributed by atoms with Crippen molar-refractivity contribution in [3.63, 3.8) is 0 Å². The van der Waals surface area contributed by atoms with E-state index in [2.05, 4.69) is 90.1 Å². The monoisotopic (exact) mass is 600 g/mol. The summed E-state index contributed by atoms with van der Waals surface area (Å²) in [6.45, 7) is 11.8. The van der Waals surface area contributed by atoms with Gasteiger partial charge in [-0.2, -0.15) is 13.2 Å². The van der Waals surface area contributed by atoms with E-state index >= 15 is 0 Å². The minimum Gasteiger partial charge on any atom is -0.748 e. The molecule has 0 unspecified atom stereocenters. The van der Waals surface area contributed by atoms with E-state index in [1.54, 1.807) is 0 Å². The molecule has 3 nitrogen and oxygen atoms in total. The van der Waals surface area contributed by atoms with Crippen LogP contribution >= 0.6 is 0 Å². The van der Waals surface area contributed by atoms with Gasteiger partial charge in [0.1, 0.15) is 0 Å². The summed E-state index contributed by atoms with van der Waals surface area (Å²) in [4.78, 5) is 0. The van der Waals surface area contributed by atoms with Gasteiger partial charge in [0, 0.05) is 5.75 Å². The van der Waals surface area contributed by atoms with E-state index in [0.717, 1.165) is 6.42 Å². The van der Waals surface area contributed by atoms with Gasteiger partial charge in [0.25, 0.3) is 0 Å². The Morgan fingerprint density at radius 1 is 0.788 bits per heavy atom. The SMILES string of the molecule is CC(C)(C)c1ccc([I+]c2ccc(C(C)(C)C)cc2)cc1.CCCCS(=O)(=O)[O-].FC(F)F. The van der Waals surface area contributed by atoms with E-state index in [-0.39, 0.29) is 37.8 Å². The third-order valence-corrected chi connectivity index (χ3v) is 7.86. The van der Waals surface area contributed by atoms with Crippen molar-refractivity contribution in [2.24, 2.45) is 0 Å². The van der Waals surface area contributed by atoms with Gasteiger partial charge in [-0.25, -0.2) is 8.42 Å². The van der Waals surface area contributed by atoms with Crippen molar-refractivity contribution in [3.8, 4) is 0 Å². The Morgan fingerprint density at radius 2 is 1.09 bits per heavy atom. The Hall–Kier alpha value is -1.13. The van der Waals surface area contributed by atoms with Crippen molar-refractivity contribution in [1.29, 1.82) is 0 Å². The van der Waals surface area contributed by atoms with Crippen LogP contribution in [0.15, 0.2) is 48.5 Å². The highest BCUT2D eigenvalue weighted by molar-refractivity contribution is 7.85. The molecule has 2 aromatic carbocycles. The van der Waals surface area contributed by atoms with Crippen molar-refractivity contribution in [2.45, 2.75) is 78.8 Å². The van der Waals surface area contributed by atoms with E-state index < -0.39 is 16.8 Å². The summed E-state index contributed by atoms with van der Waals surface area (Å²) in [6, 6.07) is 18.4. The van der Waals surface area contributed by atoms with E-state index in [9.17, 15) is 26.1 Å². The lowest BCUT2D eigenvalue weighted by atomic mass is 9.87. The molecule has 0 bridgehead atoms. The molecular formula is C25H36F3IO3S. The Labute approximate surface area is 208 Å². The molecule has 0 atom stereocenters. The van der Waals surface area contributed by atoms with Crippen LogP contribution in [0.4, 0.5) is 13.2 Å². The number of rotatable bonds is 5. The van der Waals surface area contributed by atoms with Crippen LogP contribution in [0.1, 0.15) is 72.4 Å². The lowest BCUT2D eigenvalue weighted by molar-refractivity contribution is -0.597. The number of hydrogen-bond acceptors (Lipinski definition) is 3. The normalized spacial score (nSPS) is 11.9. The molecule has 8 heteroatoms. The first-order valence-corrected chi connectivity index (χ1v) is 14.4. The molecular weight excluding hydrogens is 564 g/mol. The first kappa shape index (κ1) is 31.9. The van der Waals surface area contributed by atoms with Gasteiger partial charge in [-0.05, 0) is 52.6 Å². The molecule has 0 aromatic heterocycles. The molecule has 0 amide bonds. The van der Waals surface area contributed by atoms with Gasteiger partial charge >= 0.3 is 27.9 Å². The molecule has 0 aliphatic carbocycles.